The van der Waals surface area contributed by atoms with E-state index in [-0.39, 0.29) is 17.6 Å². The largest absolute Gasteiger partial charge is 0.296 e. The number of hydrogen-bond donors (Lipinski definition) is 1. The molecule has 6 heteroatoms. The maximum absolute atomic E-state index is 13.4. The van der Waals surface area contributed by atoms with Crippen LogP contribution in [0.15, 0.2) is 24.3 Å². The topological polar surface area (TPSA) is 49.4 Å². The van der Waals surface area contributed by atoms with Crippen LogP contribution in [0.1, 0.15) is 31.4 Å². The Morgan fingerprint density at radius 3 is 2.86 bits per heavy atom. The lowest BCUT2D eigenvalue weighted by atomic mass is 10.0. The van der Waals surface area contributed by atoms with E-state index in [4.69, 9.17) is 0 Å². The quantitative estimate of drug-likeness (QED) is 0.875. The number of rotatable bonds is 6. The van der Waals surface area contributed by atoms with Gasteiger partial charge in [-0.15, -0.1) is 0 Å². The molecule has 0 unspecified atom stereocenters. The number of nitrogens with zero attached hydrogens (tertiary/aromatic N) is 1. The third kappa shape index (κ3) is 4.49. The van der Waals surface area contributed by atoms with Crippen molar-refractivity contribution in [2.45, 2.75) is 25.8 Å². The molecule has 0 saturated carbocycles. The SMILES string of the molecule is CNS(=O)(=O)CCCN1C[C@@H](C)C[C@@H]1c1cccc(F)c1. The summed E-state index contributed by atoms with van der Waals surface area (Å²) in [7, 11) is -1.72. The van der Waals surface area contributed by atoms with Gasteiger partial charge in [0.15, 0.2) is 0 Å². The minimum atomic E-state index is -3.15. The van der Waals surface area contributed by atoms with Crippen LogP contribution in [0.5, 0.6) is 0 Å². The van der Waals surface area contributed by atoms with Crippen LogP contribution in [0.2, 0.25) is 0 Å². The van der Waals surface area contributed by atoms with Gasteiger partial charge in [-0.1, -0.05) is 19.1 Å². The first-order valence-corrected chi connectivity index (χ1v) is 8.97. The molecule has 0 radical (unpaired) electrons. The molecule has 118 valence electrons. The minimum absolute atomic E-state index is 0.129. The Morgan fingerprint density at radius 1 is 1.43 bits per heavy atom. The summed E-state index contributed by atoms with van der Waals surface area (Å²) >= 11 is 0. The molecule has 2 rings (SSSR count). The Bertz CT molecular complexity index is 577. The molecule has 0 aliphatic carbocycles. The Hall–Kier alpha value is -0.980. The second-order valence-electron chi connectivity index (χ2n) is 5.78. The fourth-order valence-electron chi connectivity index (χ4n) is 3.00. The molecule has 1 aromatic carbocycles. The van der Waals surface area contributed by atoms with E-state index >= 15 is 0 Å². The van der Waals surface area contributed by atoms with Gasteiger partial charge in [0.25, 0.3) is 0 Å². The molecule has 1 aromatic rings. The van der Waals surface area contributed by atoms with E-state index < -0.39 is 10.0 Å². The summed E-state index contributed by atoms with van der Waals surface area (Å²) in [6.07, 6.45) is 1.57. The highest BCUT2D eigenvalue weighted by Crippen LogP contribution is 2.35. The molecule has 4 nitrogen and oxygen atoms in total. The Labute approximate surface area is 126 Å². The van der Waals surface area contributed by atoms with Crippen molar-refractivity contribution in [3.05, 3.63) is 35.6 Å². The van der Waals surface area contributed by atoms with E-state index in [0.29, 0.717) is 18.9 Å². The molecule has 0 bridgehead atoms. The van der Waals surface area contributed by atoms with Crippen molar-refractivity contribution >= 4 is 10.0 Å². The van der Waals surface area contributed by atoms with Crippen molar-refractivity contribution in [2.24, 2.45) is 5.92 Å². The molecule has 21 heavy (non-hydrogen) atoms. The van der Waals surface area contributed by atoms with Crippen molar-refractivity contribution in [2.75, 3.05) is 25.9 Å². The van der Waals surface area contributed by atoms with Crippen LogP contribution in [-0.4, -0.2) is 39.2 Å². The van der Waals surface area contributed by atoms with Crippen molar-refractivity contribution in [3.63, 3.8) is 0 Å². The first-order chi connectivity index (χ1) is 9.91. The van der Waals surface area contributed by atoms with Crippen LogP contribution in [0.3, 0.4) is 0 Å². The van der Waals surface area contributed by atoms with Gasteiger partial charge in [0.2, 0.25) is 10.0 Å². The van der Waals surface area contributed by atoms with Crippen LogP contribution in [-0.2, 0) is 10.0 Å². The lowest BCUT2D eigenvalue weighted by Gasteiger charge is -2.24. The molecule has 1 aliphatic heterocycles. The third-order valence-electron chi connectivity index (χ3n) is 4.02. The fourth-order valence-corrected chi connectivity index (χ4v) is 3.71. The van der Waals surface area contributed by atoms with Crippen molar-refractivity contribution < 1.29 is 12.8 Å². The number of sulfonamides is 1. The summed E-state index contributed by atoms with van der Waals surface area (Å²) < 4.78 is 38.6. The van der Waals surface area contributed by atoms with E-state index in [1.807, 2.05) is 6.07 Å². The Kier molecular flexibility index (Phi) is 5.35. The molecular formula is C15H23FN2O2S. The molecule has 1 saturated heterocycles. The molecule has 1 fully saturated rings. The van der Waals surface area contributed by atoms with Crippen molar-refractivity contribution in [3.8, 4) is 0 Å². The first kappa shape index (κ1) is 16.4. The molecular weight excluding hydrogens is 291 g/mol. The van der Waals surface area contributed by atoms with Crippen LogP contribution >= 0.6 is 0 Å². The van der Waals surface area contributed by atoms with E-state index in [9.17, 15) is 12.8 Å². The Morgan fingerprint density at radius 2 is 2.19 bits per heavy atom. The van der Waals surface area contributed by atoms with E-state index in [1.165, 1.54) is 13.1 Å². The average molecular weight is 314 g/mol. The monoisotopic (exact) mass is 314 g/mol. The number of benzene rings is 1. The molecule has 2 atom stereocenters. The van der Waals surface area contributed by atoms with Crippen LogP contribution < -0.4 is 4.72 Å². The maximum Gasteiger partial charge on any atom is 0.211 e. The highest BCUT2D eigenvalue weighted by atomic mass is 32.2. The lowest BCUT2D eigenvalue weighted by Crippen LogP contribution is -2.29. The summed E-state index contributed by atoms with van der Waals surface area (Å²) in [6.45, 7) is 3.82. The molecule has 0 spiro atoms. The molecule has 0 aromatic heterocycles. The lowest BCUT2D eigenvalue weighted by molar-refractivity contribution is 0.254. The van der Waals surface area contributed by atoms with Crippen LogP contribution in [0.25, 0.3) is 0 Å². The van der Waals surface area contributed by atoms with Gasteiger partial charge in [-0.3, -0.25) is 4.90 Å². The van der Waals surface area contributed by atoms with Crippen LogP contribution in [0.4, 0.5) is 4.39 Å². The van der Waals surface area contributed by atoms with Crippen molar-refractivity contribution in [1.29, 1.82) is 0 Å². The Balaban J connectivity index is 2.00. The molecule has 1 aliphatic rings. The molecule has 0 amide bonds. The first-order valence-electron chi connectivity index (χ1n) is 7.32. The second-order valence-corrected chi connectivity index (χ2v) is 7.83. The van der Waals surface area contributed by atoms with Gasteiger partial charge in [-0.2, -0.15) is 0 Å². The number of halogens is 1. The highest BCUT2D eigenvalue weighted by Gasteiger charge is 2.30. The smallest absolute Gasteiger partial charge is 0.211 e. The zero-order valence-electron chi connectivity index (χ0n) is 12.5. The number of likely N-dealkylation sites (tertiary alicyclic amines) is 1. The van der Waals surface area contributed by atoms with Gasteiger partial charge in [-0.05, 0) is 50.0 Å². The normalized spacial score (nSPS) is 23.6. The summed E-state index contributed by atoms with van der Waals surface area (Å²) in [5.74, 6) is 0.452. The van der Waals surface area contributed by atoms with E-state index in [0.717, 1.165) is 18.5 Å². The van der Waals surface area contributed by atoms with Gasteiger partial charge in [0.05, 0.1) is 5.75 Å². The molecule has 1 heterocycles. The summed E-state index contributed by atoms with van der Waals surface area (Å²) in [5, 5.41) is 0. The number of hydrogen-bond acceptors (Lipinski definition) is 3. The van der Waals surface area contributed by atoms with Gasteiger partial charge >= 0.3 is 0 Å². The zero-order valence-corrected chi connectivity index (χ0v) is 13.4. The molecule has 1 N–H and O–H groups in total. The van der Waals surface area contributed by atoms with Crippen LogP contribution in [0, 0.1) is 11.7 Å². The highest BCUT2D eigenvalue weighted by molar-refractivity contribution is 7.89. The summed E-state index contributed by atoms with van der Waals surface area (Å²) in [5.41, 5.74) is 0.982. The van der Waals surface area contributed by atoms with Crippen molar-refractivity contribution in [1.82, 2.24) is 9.62 Å². The van der Waals surface area contributed by atoms with E-state index in [2.05, 4.69) is 16.5 Å². The maximum atomic E-state index is 13.4. The predicted octanol–water partition coefficient (Wildman–Crippen LogP) is 2.15. The number of nitrogens with one attached hydrogen (secondary N) is 1. The predicted molar refractivity (Wildman–Crippen MR) is 82.0 cm³/mol. The van der Waals surface area contributed by atoms with Gasteiger partial charge in [0, 0.05) is 12.6 Å². The minimum Gasteiger partial charge on any atom is -0.296 e. The summed E-state index contributed by atoms with van der Waals surface area (Å²) in [4.78, 5) is 2.27. The van der Waals surface area contributed by atoms with Gasteiger partial charge < -0.3 is 0 Å². The summed E-state index contributed by atoms with van der Waals surface area (Å²) in [6, 6.07) is 6.90. The standard InChI is InChI=1S/C15H23FN2O2S/c1-12-9-15(13-5-3-6-14(16)10-13)18(11-12)7-4-8-21(19,20)17-2/h3,5-6,10,12,15,17H,4,7-9,11H2,1-2H3/t12-,15+/m0/s1. The van der Waals surface area contributed by atoms with E-state index in [1.54, 1.807) is 12.1 Å². The fraction of sp³-hybridized carbons (Fsp3) is 0.600. The average Bonchev–Trinajstić information content (AvgIpc) is 2.80. The van der Waals surface area contributed by atoms with Gasteiger partial charge in [0.1, 0.15) is 5.82 Å². The zero-order chi connectivity index (χ0) is 15.5. The second kappa shape index (κ2) is 6.85. The third-order valence-corrected chi connectivity index (χ3v) is 5.46. The van der Waals surface area contributed by atoms with Gasteiger partial charge in [-0.25, -0.2) is 17.5 Å².